The Balaban J connectivity index is 2.70. The lowest BCUT2D eigenvalue weighted by Gasteiger charge is -2.15. The summed E-state index contributed by atoms with van der Waals surface area (Å²) in [6, 6.07) is 0. The van der Waals surface area contributed by atoms with E-state index in [1.165, 1.54) is 11.1 Å². The Kier molecular flexibility index (Phi) is 2.28. The maximum atomic E-state index is 5.53. The molecule has 0 amide bonds. The van der Waals surface area contributed by atoms with E-state index in [1.54, 1.807) is 0 Å². The monoisotopic (exact) mass is 137 g/mol. The van der Waals surface area contributed by atoms with Gasteiger partial charge in [0.15, 0.2) is 0 Å². The van der Waals surface area contributed by atoms with Crippen molar-refractivity contribution in [1.29, 1.82) is 0 Å². The van der Waals surface area contributed by atoms with Gasteiger partial charge in [0, 0.05) is 6.54 Å². The Morgan fingerprint density at radius 3 is 2.90 bits per heavy atom. The van der Waals surface area contributed by atoms with Crippen LogP contribution in [0.25, 0.3) is 0 Å². The summed E-state index contributed by atoms with van der Waals surface area (Å²) in [5, 5.41) is 0. The Bertz CT molecular complexity index is 177. The minimum Gasteiger partial charge on any atom is -0.327 e. The van der Waals surface area contributed by atoms with Crippen LogP contribution in [-0.4, -0.2) is 6.54 Å². The minimum atomic E-state index is 0.684. The van der Waals surface area contributed by atoms with Crippen molar-refractivity contribution in [3.05, 3.63) is 23.3 Å². The van der Waals surface area contributed by atoms with Crippen LogP contribution in [-0.2, 0) is 0 Å². The normalized spacial score (nSPS) is 25.7. The van der Waals surface area contributed by atoms with Gasteiger partial charge in [0.05, 0.1) is 0 Å². The van der Waals surface area contributed by atoms with Gasteiger partial charge in [-0.3, -0.25) is 0 Å². The number of hydrogen-bond acceptors (Lipinski definition) is 1. The van der Waals surface area contributed by atoms with Crippen LogP contribution >= 0.6 is 0 Å². The molecule has 1 aliphatic carbocycles. The van der Waals surface area contributed by atoms with E-state index in [9.17, 15) is 0 Å². The van der Waals surface area contributed by atoms with Gasteiger partial charge in [-0.05, 0) is 19.3 Å². The fraction of sp³-hybridized carbons (Fsp3) is 0.556. The third kappa shape index (κ3) is 1.71. The molecule has 0 aromatic carbocycles. The summed E-state index contributed by atoms with van der Waals surface area (Å²) >= 11 is 0. The van der Waals surface area contributed by atoms with Gasteiger partial charge < -0.3 is 5.73 Å². The Hall–Kier alpha value is -0.560. The van der Waals surface area contributed by atoms with Gasteiger partial charge in [-0.1, -0.05) is 30.2 Å². The number of nitrogens with two attached hydrogens (primary N) is 1. The van der Waals surface area contributed by atoms with Crippen molar-refractivity contribution in [3.63, 3.8) is 0 Å². The number of rotatable bonds is 1. The van der Waals surface area contributed by atoms with Crippen LogP contribution < -0.4 is 5.73 Å². The first kappa shape index (κ1) is 7.55. The van der Waals surface area contributed by atoms with Crippen molar-refractivity contribution in [2.45, 2.75) is 20.3 Å². The van der Waals surface area contributed by atoms with E-state index in [2.05, 4.69) is 26.0 Å². The van der Waals surface area contributed by atoms with Crippen LogP contribution in [0.5, 0.6) is 0 Å². The second-order valence-corrected chi connectivity index (χ2v) is 3.10. The van der Waals surface area contributed by atoms with Crippen LogP contribution in [0.1, 0.15) is 20.3 Å². The lowest BCUT2D eigenvalue weighted by molar-refractivity contribution is 0.689. The van der Waals surface area contributed by atoms with Crippen molar-refractivity contribution in [2.75, 3.05) is 6.54 Å². The molecule has 1 rings (SSSR count). The predicted molar refractivity (Wildman–Crippen MR) is 44.7 cm³/mol. The fourth-order valence-electron chi connectivity index (χ4n) is 1.49. The summed E-state index contributed by atoms with van der Waals surface area (Å²) in [6.45, 7) is 5.08. The maximum Gasteiger partial charge on any atom is 0.0140 e. The third-order valence-corrected chi connectivity index (χ3v) is 1.83. The molecule has 0 aliphatic heterocycles. The van der Waals surface area contributed by atoms with E-state index in [1.807, 2.05) is 0 Å². The predicted octanol–water partition coefficient (Wildman–Crippen LogP) is 1.86. The number of allylic oxidation sites excluding steroid dienone is 3. The van der Waals surface area contributed by atoms with E-state index in [0.717, 1.165) is 13.0 Å². The second kappa shape index (κ2) is 3.02. The molecule has 0 aromatic rings. The van der Waals surface area contributed by atoms with Crippen molar-refractivity contribution >= 4 is 0 Å². The minimum absolute atomic E-state index is 0.684. The molecule has 0 aromatic heterocycles. The molecule has 0 fully saturated rings. The maximum absolute atomic E-state index is 5.53. The van der Waals surface area contributed by atoms with Crippen LogP contribution in [0.4, 0.5) is 0 Å². The molecule has 1 nitrogen and oxygen atoms in total. The lowest BCUT2D eigenvalue weighted by Crippen LogP contribution is -2.09. The second-order valence-electron chi connectivity index (χ2n) is 3.10. The molecular weight excluding hydrogens is 122 g/mol. The van der Waals surface area contributed by atoms with E-state index >= 15 is 0 Å². The first-order chi connectivity index (χ1) is 4.72. The van der Waals surface area contributed by atoms with Crippen LogP contribution in [0.15, 0.2) is 23.3 Å². The Morgan fingerprint density at radius 1 is 1.70 bits per heavy atom. The number of hydrogen-bond donors (Lipinski definition) is 1. The molecule has 0 heterocycles. The molecular formula is C9H15N. The van der Waals surface area contributed by atoms with Crippen LogP contribution in [0.2, 0.25) is 0 Å². The standard InChI is InChI=1S/C9H15N/c1-7-3-8(2)5-9(4-7)6-10/h3-4,8H,5-6,10H2,1-2H3. The first-order valence-electron chi connectivity index (χ1n) is 3.80. The molecule has 10 heavy (non-hydrogen) atoms. The van der Waals surface area contributed by atoms with E-state index in [-0.39, 0.29) is 0 Å². The fourth-order valence-corrected chi connectivity index (χ4v) is 1.49. The molecule has 1 heteroatoms. The molecule has 2 N–H and O–H groups in total. The molecule has 0 spiro atoms. The molecule has 1 atom stereocenters. The van der Waals surface area contributed by atoms with Gasteiger partial charge in [-0.25, -0.2) is 0 Å². The highest BCUT2D eigenvalue weighted by atomic mass is 14.5. The summed E-state index contributed by atoms with van der Waals surface area (Å²) in [5.74, 6) is 0.684. The summed E-state index contributed by atoms with van der Waals surface area (Å²) < 4.78 is 0. The smallest absolute Gasteiger partial charge is 0.0140 e. The first-order valence-corrected chi connectivity index (χ1v) is 3.80. The topological polar surface area (TPSA) is 26.0 Å². The zero-order valence-electron chi connectivity index (χ0n) is 6.72. The van der Waals surface area contributed by atoms with E-state index in [0.29, 0.717) is 5.92 Å². The summed E-state index contributed by atoms with van der Waals surface area (Å²) in [6.07, 6.45) is 5.63. The third-order valence-electron chi connectivity index (χ3n) is 1.83. The summed E-state index contributed by atoms with van der Waals surface area (Å²) in [5.41, 5.74) is 8.27. The lowest BCUT2D eigenvalue weighted by atomic mass is 9.92. The van der Waals surface area contributed by atoms with Gasteiger partial charge >= 0.3 is 0 Å². The van der Waals surface area contributed by atoms with Crippen LogP contribution in [0.3, 0.4) is 0 Å². The van der Waals surface area contributed by atoms with E-state index in [4.69, 9.17) is 5.73 Å². The average molecular weight is 137 g/mol. The highest BCUT2D eigenvalue weighted by Gasteiger charge is 2.06. The van der Waals surface area contributed by atoms with Crippen molar-refractivity contribution in [3.8, 4) is 0 Å². The van der Waals surface area contributed by atoms with Gasteiger partial charge in [0.2, 0.25) is 0 Å². The molecule has 0 bridgehead atoms. The van der Waals surface area contributed by atoms with Crippen molar-refractivity contribution in [2.24, 2.45) is 11.7 Å². The van der Waals surface area contributed by atoms with Gasteiger partial charge in [0.1, 0.15) is 0 Å². The zero-order valence-corrected chi connectivity index (χ0v) is 6.72. The SMILES string of the molecule is CC1=CC(C)CC(CN)=C1. The Morgan fingerprint density at radius 2 is 2.40 bits per heavy atom. The van der Waals surface area contributed by atoms with Gasteiger partial charge in [-0.2, -0.15) is 0 Å². The molecule has 56 valence electrons. The van der Waals surface area contributed by atoms with Crippen molar-refractivity contribution < 1.29 is 0 Å². The molecule has 0 radical (unpaired) electrons. The highest BCUT2D eigenvalue weighted by molar-refractivity contribution is 5.27. The molecule has 1 aliphatic rings. The highest BCUT2D eigenvalue weighted by Crippen LogP contribution is 2.20. The zero-order chi connectivity index (χ0) is 7.56. The molecule has 0 saturated heterocycles. The van der Waals surface area contributed by atoms with Crippen LogP contribution in [0, 0.1) is 5.92 Å². The average Bonchev–Trinajstić information content (AvgIpc) is 1.85. The molecule has 1 unspecified atom stereocenters. The Labute approximate surface area is 62.6 Å². The summed E-state index contributed by atoms with van der Waals surface area (Å²) in [7, 11) is 0. The van der Waals surface area contributed by atoms with Gasteiger partial charge in [0.25, 0.3) is 0 Å². The summed E-state index contributed by atoms with van der Waals surface area (Å²) in [4.78, 5) is 0. The van der Waals surface area contributed by atoms with Crippen molar-refractivity contribution in [1.82, 2.24) is 0 Å². The quantitative estimate of drug-likeness (QED) is 0.586. The van der Waals surface area contributed by atoms with E-state index < -0.39 is 0 Å². The van der Waals surface area contributed by atoms with Gasteiger partial charge in [-0.15, -0.1) is 0 Å². The largest absolute Gasteiger partial charge is 0.327 e. The molecule has 0 saturated carbocycles.